The highest BCUT2D eigenvalue weighted by molar-refractivity contribution is 8.06. The number of hydrogen-bond acceptors (Lipinski definition) is 5. The number of rotatable bonds is 4. The number of anilines is 1. The van der Waals surface area contributed by atoms with E-state index in [0.29, 0.717) is 16.8 Å². The average molecular weight is 318 g/mol. The quantitative estimate of drug-likeness (QED) is 0.794. The van der Waals surface area contributed by atoms with E-state index in [2.05, 4.69) is 10.6 Å². The largest absolute Gasteiger partial charge is 0.478 e. The van der Waals surface area contributed by atoms with Crippen LogP contribution in [-0.4, -0.2) is 46.2 Å². The maximum absolute atomic E-state index is 11.7. The number of urea groups is 1. The van der Waals surface area contributed by atoms with Gasteiger partial charge in [-0.05, 0) is 11.4 Å². The van der Waals surface area contributed by atoms with Crippen molar-refractivity contribution in [2.24, 2.45) is 0 Å². The number of hydrogen-bond donors (Lipinski definition) is 3. The lowest BCUT2D eigenvalue weighted by molar-refractivity contribution is 0.0698. The van der Waals surface area contributed by atoms with Gasteiger partial charge in [-0.2, -0.15) is 23.5 Å². The number of carbonyl (C=O) groups is 2. The molecule has 1 aliphatic rings. The SMILES string of the molecule is O=C(NCC1CSCCS1)Nc1sccc1C(=O)O. The van der Waals surface area contributed by atoms with Gasteiger partial charge in [0.05, 0.1) is 5.56 Å². The number of amides is 2. The number of thiophene rings is 1. The zero-order valence-electron chi connectivity index (χ0n) is 10.0. The molecule has 5 nitrogen and oxygen atoms in total. The molecule has 1 aromatic rings. The molecule has 3 N–H and O–H groups in total. The maximum atomic E-state index is 11.7. The highest BCUT2D eigenvalue weighted by atomic mass is 32.2. The lowest BCUT2D eigenvalue weighted by atomic mass is 10.3. The van der Waals surface area contributed by atoms with Gasteiger partial charge >= 0.3 is 12.0 Å². The van der Waals surface area contributed by atoms with Crippen LogP contribution in [0, 0.1) is 0 Å². The van der Waals surface area contributed by atoms with Gasteiger partial charge in [-0.3, -0.25) is 5.32 Å². The first kappa shape index (κ1) is 14.5. The summed E-state index contributed by atoms with van der Waals surface area (Å²) in [5.74, 6) is 2.30. The van der Waals surface area contributed by atoms with Gasteiger partial charge in [0.1, 0.15) is 5.00 Å². The van der Waals surface area contributed by atoms with Gasteiger partial charge in [0.2, 0.25) is 0 Å². The Hall–Kier alpha value is -0.860. The van der Waals surface area contributed by atoms with E-state index in [1.165, 1.54) is 23.2 Å². The Bertz CT molecular complexity index is 458. The molecule has 1 atom stereocenters. The van der Waals surface area contributed by atoms with Crippen molar-refractivity contribution in [2.45, 2.75) is 5.25 Å². The molecule has 2 amide bonds. The van der Waals surface area contributed by atoms with Crippen LogP contribution in [0.1, 0.15) is 10.4 Å². The summed E-state index contributed by atoms with van der Waals surface area (Å²) in [5.41, 5.74) is 0.128. The predicted molar refractivity (Wildman–Crippen MR) is 81.9 cm³/mol. The van der Waals surface area contributed by atoms with Crippen LogP contribution >= 0.6 is 34.9 Å². The van der Waals surface area contributed by atoms with Crippen LogP contribution in [0.5, 0.6) is 0 Å². The molecule has 0 spiro atoms. The van der Waals surface area contributed by atoms with Crippen LogP contribution in [0.2, 0.25) is 0 Å². The van der Waals surface area contributed by atoms with Gasteiger partial charge in [-0.25, -0.2) is 9.59 Å². The van der Waals surface area contributed by atoms with E-state index in [1.54, 1.807) is 5.38 Å². The molecule has 0 radical (unpaired) electrons. The highest BCUT2D eigenvalue weighted by Gasteiger charge is 2.17. The van der Waals surface area contributed by atoms with E-state index in [0.717, 1.165) is 11.5 Å². The molecule has 0 saturated carbocycles. The molecule has 1 fully saturated rings. The van der Waals surface area contributed by atoms with Crippen LogP contribution < -0.4 is 10.6 Å². The van der Waals surface area contributed by atoms with E-state index < -0.39 is 5.97 Å². The van der Waals surface area contributed by atoms with Gasteiger partial charge in [-0.1, -0.05) is 0 Å². The van der Waals surface area contributed by atoms with Crippen LogP contribution in [0.4, 0.5) is 9.80 Å². The van der Waals surface area contributed by atoms with E-state index in [9.17, 15) is 9.59 Å². The standard InChI is InChI=1S/C11H14N2O3S3/c14-10(15)8-1-2-19-9(8)13-11(16)12-5-7-6-17-3-4-18-7/h1-2,7H,3-6H2,(H,14,15)(H2,12,13,16). The van der Waals surface area contributed by atoms with Crippen molar-refractivity contribution in [1.29, 1.82) is 0 Å². The molecular formula is C11H14N2O3S3. The lowest BCUT2D eigenvalue weighted by Crippen LogP contribution is -2.36. The first-order chi connectivity index (χ1) is 9.16. The number of carboxylic acids is 1. The third-order valence-corrected chi connectivity index (χ3v) is 6.17. The molecule has 1 aliphatic heterocycles. The second-order valence-corrected chi connectivity index (χ2v) is 7.35. The second-order valence-electron chi connectivity index (χ2n) is 3.87. The molecular weight excluding hydrogens is 304 g/mol. The third-order valence-electron chi connectivity index (χ3n) is 2.50. The zero-order valence-corrected chi connectivity index (χ0v) is 12.5. The number of carbonyl (C=O) groups excluding carboxylic acids is 1. The predicted octanol–water partition coefficient (Wildman–Crippen LogP) is 2.42. The topological polar surface area (TPSA) is 78.4 Å². The average Bonchev–Trinajstić information content (AvgIpc) is 2.86. The summed E-state index contributed by atoms with van der Waals surface area (Å²) < 4.78 is 0. The van der Waals surface area contributed by atoms with Crippen molar-refractivity contribution in [3.63, 3.8) is 0 Å². The molecule has 1 unspecified atom stereocenters. The normalized spacial score (nSPS) is 18.8. The van der Waals surface area contributed by atoms with E-state index in [-0.39, 0.29) is 11.6 Å². The number of nitrogens with one attached hydrogen (secondary N) is 2. The first-order valence-electron chi connectivity index (χ1n) is 5.72. The third kappa shape index (κ3) is 4.32. The van der Waals surface area contributed by atoms with Crippen LogP contribution in [0.15, 0.2) is 11.4 Å². The fourth-order valence-electron chi connectivity index (χ4n) is 1.58. The maximum Gasteiger partial charge on any atom is 0.338 e. The summed E-state index contributed by atoms with van der Waals surface area (Å²) in [4.78, 5) is 22.6. The number of aromatic carboxylic acids is 1. The zero-order chi connectivity index (χ0) is 13.7. The summed E-state index contributed by atoms with van der Waals surface area (Å²) in [6.07, 6.45) is 0. The fraction of sp³-hybridized carbons (Fsp3) is 0.455. The molecule has 1 saturated heterocycles. The van der Waals surface area contributed by atoms with E-state index in [4.69, 9.17) is 5.11 Å². The first-order valence-corrected chi connectivity index (χ1v) is 8.80. The van der Waals surface area contributed by atoms with Crippen molar-refractivity contribution >= 4 is 51.9 Å². The molecule has 2 rings (SSSR count). The Balaban J connectivity index is 1.80. The monoisotopic (exact) mass is 318 g/mol. The summed E-state index contributed by atoms with van der Waals surface area (Å²) in [6.45, 7) is 0.608. The Morgan fingerprint density at radius 2 is 2.26 bits per heavy atom. The highest BCUT2D eigenvalue weighted by Crippen LogP contribution is 2.24. The summed E-state index contributed by atoms with van der Waals surface area (Å²) in [7, 11) is 0. The van der Waals surface area contributed by atoms with Gasteiger partial charge in [0.25, 0.3) is 0 Å². The summed E-state index contributed by atoms with van der Waals surface area (Å²) >= 11 is 4.97. The van der Waals surface area contributed by atoms with E-state index >= 15 is 0 Å². The second kappa shape index (κ2) is 7.06. The van der Waals surface area contributed by atoms with Gasteiger partial charge in [0.15, 0.2) is 0 Å². The van der Waals surface area contributed by atoms with E-state index in [1.807, 2.05) is 23.5 Å². The Morgan fingerprint density at radius 1 is 1.42 bits per heavy atom. The van der Waals surface area contributed by atoms with Crippen molar-refractivity contribution in [2.75, 3.05) is 29.1 Å². The van der Waals surface area contributed by atoms with Crippen LogP contribution in [0.25, 0.3) is 0 Å². The minimum Gasteiger partial charge on any atom is -0.478 e. The number of carboxylic acid groups (broad SMARTS) is 1. The Labute approximate surface area is 123 Å². The van der Waals surface area contributed by atoms with Crippen molar-refractivity contribution in [3.05, 3.63) is 17.0 Å². The summed E-state index contributed by atoms with van der Waals surface area (Å²) in [6, 6.07) is 1.14. The van der Waals surface area contributed by atoms with Gasteiger partial charge < -0.3 is 10.4 Å². The minimum absolute atomic E-state index is 0.128. The fourth-order valence-corrected chi connectivity index (χ4v) is 4.97. The van der Waals surface area contributed by atoms with Crippen LogP contribution in [0.3, 0.4) is 0 Å². The molecule has 0 bridgehead atoms. The van der Waals surface area contributed by atoms with Gasteiger partial charge in [0, 0.05) is 29.1 Å². The molecule has 8 heteroatoms. The van der Waals surface area contributed by atoms with Gasteiger partial charge in [-0.15, -0.1) is 11.3 Å². The molecule has 0 aliphatic carbocycles. The Kier molecular flexibility index (Phi) is 5.41. The molecule has 19 heavy (non-hydrogen) atoms. The molecule has 2 heterocycles. The molecule has 1 aromatic heterocycles. The van der Waals surface area contributed by atoms with Crippen molar-refractivity contribution < 1.29 is 14.7 Å². The molecule has 0 aromatic carbocycles. The summed E-state index contributed by atoms with van der Waals surface area (Å²) in [5, 5.41) is 16.8. The lowest BCUT2D eigenvalue weighted by Gasteiger charge is -2.21. The molecule has 104 valence electrons. The van der Waals surface area contributed by atoms with Crippen LogP contribution in [-0.2, 0) is 0 Å². The Morgan fingerprint density at radius 3 is 2.95 bits per heavy atom. The number of thioether (sulfide) groups is 2. The van der Waals surface area contributed by atoms with Crippen molar-refractivity contribution in [1.82, 2.24) is 5.32 Å². The minimum atomic E-state index is -1.03. The van der Waals surface area contributed by atoms with Crippen molar-refractivity contribution in [3.8, 4) is 0 Å². The smallest absolute Gasteiger partial charge is 0.338 e.